The molecule has 2 heteroatoms. The maximum atomic E-state index is 2.39. The second kappa shape index (κ2) is 6.72. The first-order chi connectivity index (χ1) is 13.7. The normalized spacial score (nSPS) is 11.2. The molecule has 4 aromatic carbocycles. The summed E-state index contributed by atoms with van der Waals surface area (Å²) in [6, 6.07) is 35.0. The average Bonchev–Trinajstić information content (AvgIpc) is 3.08. The summed E-state index contributed by atoms with van der Waals surface area (Å²) in [7, 11) is 0. The van der Waals surface area contributed by atoms with E-state index in [1.54, 1.807) is 0 Å². The molecule has 0 radical (unpaired) electrons. The van der Waals surface area contributed by atoms with Crippen molar-refractivity contribution < 1.29 is 0 Å². The van der Waals surface area contributed by atoms with Crippen LogP contribution in [-0.2, 0) is 0 Å². The van der Waals surface area contributed by atoms with Gasteiger partial charge in [0.15, 0.2) is 6.71 Å². The number of aromatic nitrogens is 1. The number of fused-ring (bicyclic) bond motifs is 3. The van der Waals surface area contributed by atoms with E-state index in [1.807, 2.05) is 0 Å². The van der Waals surface area contributed by atoms with Crippen molar-refractivity contribution in [2.45, 2.75) is 13.6 Å². The predicted octanol–water partition coefficient (Wildman–Crippen LogP) is 6.41. The molecule has 0 atom stereocenters. The minimum absolute atomic E-state index is 0.521. The summed E-state index contributed by atoms with van der Waals surface area (Å²) in [5.74, 6) is 0. The van der Waals surface area contributed by atoms with Crippen LogP contribution in [0.1, 0.15) is 0 Å². The molecule has 134 valence electrons. The highest BCUT2D eigenvalue weighted by molar-refractivity contribution is 6.71. The summed E-state index contributed by atoms with van der Waals surface area (Å²) in [6.07, 6.45) is 0. The third-order valence-electron chi connectivity index (χ3n) is 5.57. The van der Waals surface area contributed by atoms with E-state index in [9.17, 15) is 0 Å². The highest BCUT2D eigenvalue weighted by Gasteiger charge is 2.14. The molecule has 1 nitrogen and oxygen atoms in total. The Bertz CT molecular complexity index is 1280. The fourth-order valence-electron chi connectivity index (χ4n) is 4.08. The SMILES string of the molecule is CB(C)c1ccc2c(c1)c1ccccc1n2-c1cccc(-c2ccccc2)c1. The Hall–Kier alpha value is -3.26. The van der Waals surface area contributed by atoms with Crippen molar-refractivity contribution in [1.82, 2.24) is 4.57 Å². The van der Waals surface area contributed by atoms with E-state index in [0.29, 0.717) is 6.71 Å². The molecule has 0 spiro atoms. The van der Waals surface area contributed by atoms with Crippen LogP contribution in [0.3, 0.4) is 0 Å². The Labute approximate surface area is 166 Å². The zero-order valence-electron chi connectivity index (χ0n) is 16.3. The summed E-state index contributed by atoms with van der Waals surface area (Å²) >= 11 is 0. The van der Waals surface area contributed by atoms with Crippen molar-refractivity contribution in [2.24, 2.45) is 0 Å². The van der Waals surface area contributed by atoms with Crippen LogP contribution in [0, 0.1) is 0 Å². The molecule has 1 aromatic heterocycles. The molecule has 0 bridgehead atoms. The quantitative estimate of drug-likeness (QED) is 0.328. The van der Waals surface area contributed by atoms with Crippen LogP contribution in [0.5, 0.6) is 0 Å². The molecule has 0 saturated heterocycles. The van der Waals surface area contributed by atoms with Gasteiger partial charge in [-0.15, -0.1) is 0 Å². The minimum Gasteiger partial charge on any atom is -0.309 e. The maximum Gasteiger partial charge on any atom is 0.169 e. The molecule has 0 aliphatic heterocycles. The van der Waals surface area contributed by atoms with E-state index < -0.39 is 0 Å². The van der Waals surface area contributed by atoms with Gasteiger partial charge in [-0.1, -0.05) is 91.9 Å². The number of para-hydroxylation sites is 1. The highest BCUT2D eigenvalue weighted by atomic mass is 15.0. The Balaban J connectivity index is 1.79. The van der Waals surface area contributed by atoms with Crippen molar-refractivity contribution >= 4 is 34.0 Å². The third kappa shape index (κ3) is 2.73. The van der Waals surface area contributed by atoms with Gasteiger partial charge in [0.1, 0.15) is 0 Å². The van der Waals surface area contributed by atoms with Crippen LogP contribution < -0.4 is 5.46 Å². The number of nitrogens with zero attached hydrogens (tertiary/aromatic N) is 1. The van der Waals surface area contributed by atoms with Gasteiger partial charge in [0.05, 0.1) is 11.0 Å². The first kappa shape index (κ1) is 16.9. The van der Waals surface area contributed by atoms with Gasteiger partial charge in [-0.2, -0.15) is 0 Å². The summed E-state index contributed by atoms with van der Waals surface area (Å²) in [4.78, 5) is 0. The van der Waals surface area contributed by atoms with E-state index in [1.165, 1.54) is 44.1 Å². The second-order valence-electron chi connectivity index (χ2n) is 7.70. The molecule has 0 saturated carbocycles. The Morgan fingerprint density at radius 3 is 2.11 bits per heavy atom. The zero-order valence-corrected chi connectivity index (χ0v) is 16.3. The summed E-state index contributed by atoms with van der Waals surface area (Å²) in [5.41, 5.74) is 7.58. The number of benzene rings is 4. The first-order valence-corrected chi connectivity index (χ1v) is 9.91. The molecule has 0 amide bonds. The van der Waals surface area contributed by atoms with Crippen LogP contribution in [0.25, 0.3) is 38.6 Å². The van der Waals surface area contributed by atoms with Gasteiger partial charge in [-0.05, 0) is 35.4 Å². The van der Waals surface area contributed by atoms with Gasteiger partial charge in [0.2, 0.25) is 0 Å². The molecule has 28 heavy (non-hydrogen) atoms. The third-order valence-corrected chi connectivity index (χ3v) is 5.57. The van der Waals surface area contributed by atoms with Crippen molar-refractivity contribution in [3.8, 4) is 16.8 Å². The molecule has 0 fully saturated rings. The Kier molecular flexibility index (Phi) is 4.05. The second-order valence-corrected chi connectivity index (χ2v) is 7.70. The van der Waals surface area contributed by atoms with Crippen molar-refractivity contribution in [3.05, 3.63) is 97.1 Å². The van der Waals surface area contributed by atoms with E-state index in [4.69, 9.17) is 0 Å². The van der Waals surface area contributed by atoms with E-state index in [0.717, 1.165) is 0 Å². The van der Waals surface area contributed by atoms with Gasteiger partial charge in [0.25, 0.3) is 0 Å². The monoisotopic (exact) mass is 359 g/mol. The zero-order chi connectivity index (χ0) is 19.1. The summed E-state index contributed by atoms with van der Waals surface area (Å²) < 4.78 is 2.39. The fourth-order valence-corrected chi connectivity index (χ4v) is 4.08. The lowest BCUT2D eigenvalue weighted by Crippen LogP contribution is -2.21. The fraction of sp³-hybridized carbons (Fsp3) is 0.0769. The van der Waals surface area contributed by atoms with Gasteiger partial charge in [-0.25, -0.2) is 0 Å². The maximum absolute atomic E-state index is 2.39. The van der Waals surface area contributed by atoms with Gasteiger partial charge >= 0.3 is 0 Å². The van der Waals surface area contributed by atoms with Crippen LogP contribution in [0.15, 0.2) is 97.1 Å². The van der Waals surface area contributed by atoms with E-state index in [-0.39, 0.29) is 0 Å². The van der Waals surface area contributed by atoms with Gasteiger partial charge in [-0.3, -0.25) is 0 Å². The van der Waals surface area contributed by atoms with Gasteiger partial charge in [0, 0.05) is 16.5 Å². The largest absolute Gasteiger partial charge is 0.309 e. The number of hydrogen-bond donors (Lipinski definition) is 0. The molecule has 0 N–H and O–H groups in total. The van der Waals surface area contributed by atoms with Crippen LogP contribution >= 0.6 is 0 Å². The standard InChI is InChI=1S/C26H22BN/c1-27(2)21-15-16-26-24(18-21)23-13-6-7-14-25(23)28(26)22-12-8-11-20(17-22)19-9-4-3-5-10-19/h3-18H,1-2H3. The Morgan fingerprint density at radius 1 is 0.571 bits per heavy atom. The minimum atomic E-state index is 0.521. The molecule has 0 aliphatic rings. The molecule has 0 unspecified atom stereocenters. The molecule has 1 heterocycles. The van der Waals surface area contributed by atoms with Gasteiger partial charge < -0.3 is 4.57 Å². The Morgan fingerprint density at radius 2 is 1.29 bits per heavy atom. The van der Waals surface area contributed by atoms with Crippen molar-refractivity contribution in [1.29, 1.82) is 0 Å². The first-order valence-electron chi connectivity index (χ1n) is 9.91. The molecular formula is C26H22BN. The van der Waals surface area contributed by atoms with E-state index in [2.05, 4.69) is 115 Å². The topological polar surface area (TPSA) is 4.93 Å². The number of rotatable bonds is 3. The van der Waals surface area contributed by atoms with E-state index >= 15 is 0 Å². The summed E-state index contributed by atoms with van der Waals surface area (Å²) in [5, 5.41) is 2.64. The van der Waals surface area contributed by atoms with Crippen LogP contribution in [0.4, 0.5) is 0 Å². The van der Waals surface area contributed by atoms with Crippen molar-refractivity contribution in [3.63, 3.8) is 0 Å². The molecule has 0 aliphatic carbocycles. The van der Waals surface area contributed by atoms with Crippen LogP contribution in [0.2, 0.25) is 13.6 Å². The lowest BCUT2D eigenvalue weighted by molar-refractivity contribution is 1.18. The average molecular weight is 359 g/mol. The lowest BCUT2D eigenvalue weighted by Gasteiger charge is -2.11. The number of hydrogen-bond acceptors (Lipinski definition) is 0. The molecular weight excluding hydrogens is 337 g/mol. The van der Waals surface area contributed by atoms with Crippen LogP contribution in [-0.4, -0.2) is 11.3 Å². The molecule has 5 rings (SSSR count). The predicted molar refractivity (Wildman–Crippen MR) is 123 cm³/mol. The highest BCUT2D eigenvalue weighted by Crippen LogP contribution is 2.32. The smallest absolute Gasteiger partial charge is 0.169 e. The summed E-state index contributed by atoms with van der Waals surface area (Å²) in [6.45, 7) is 5.03. The molecule has 5 aromatic rings. The van der Waals surface area contributed by atoms with Crippen molar-refractivity contribution in [2.75, 3.05) is 0 Å². The lowest BCUT2D eigenvalue weighted by atomic mass is 9.49.